The van der Waals surface area contributed by atoms with E-state index in [9.17, 15) is 13.2 Å². The third kappa shape index (κ3) is 8.19. The number of nitrogens with one attached hydrogen (secondary N) is 2. The van der Waals surface area contributed by atoms with Crippen LogP contribution in [0, 0.1) is 0 Å². The van der Waals surface area contributed by atoms with Crippen LogP contribution >= 0.6 is 0 Å². The molecular weight excluding hydrogens is 357 g/mol. The molecule has 0 aromatic carbocycles. The molecular formula is C18H33F3N6. The molecule has 0 spiro atoms. The number of aromatic nitrogens is 2. The predicted molar refractivity (Wildman–Crippen MR) is 103 cm³/mol. The maximum Gasteiger partial charge on any atom is 0.435 e. The van der Waals surface area contributed by atoms with Gasteiger partial charge in [-0.2, -0.15) is 18.3 Å². The minimum Gasteiger partial charge on any atom is -0.357 e. The van der Waals surface area contributed by atoms with E-state index in [4.69, 9.17) is 0 Å². The Bertz CT molecular complexity index is 578. The van der Waals surface area contributed by atoms with Gasteiger partial charge in [0.1, 0.15) is 0 Å². The van der Waals surface area contributed by atoms with Crippen molar-refractivity contribution in [2.75, 3.05) is 26.2 Å². The van der Waals surface area contributed by atoms with Gasteiger partial charge < -0.3 is 15.5 Å². The van der Waals surface area contributed by atoms with E-state index >= 15 is 0 Å². The van der Waals surface area contributed by atoms with E-state index in [2.05, 4.69) is 46.4 Å². The first-order chi connectivity index (χ1) is 12.7. The third-order valence-corrected chi connectivity index (χ3v) is 4.31. The molecule has 0 saturated heterocycles. The number of aryl methyl sites for hydroxylation is 1. The van der Waals surface area contributed by atoms with Crippen LogP contribution in [0.4, 0.5) is 13.2 Å². The molecule has 1 unspecified atom stereocenters. The lowest BCUT2D eigenvalue weighted by atomic mass is 10.2. The zero-order valence-corrected chi connectivity index (χ0v) is 17.0. The summed E-state index contributed by atoms with van der Waals surface area (Å²) in [6, 6.07) is 0.175. The van der Waals surface area contributed by atoms with E-state index in [1.807, 2.05) is 6.92 Å². The van der Waals surface area contributed by atoms with Crippen LogP contribution < -0.4 is 10.6 Å². The summed E-state index contributed by atoms with van der Waals surface area (Å²) in [6.45, 7) is 11.9. The number of nitrogens with zero attached hydrogens (tertiary/aromatic N) is 4. The molecule has 1 atom stereocenters. The Labute approximate surface area is 160 Å². The van der Waals surface area contributed by atoms with Crippen molar-refractivity contribution in [1.82, 2.24) is 25.3 Å². The maximum absolute atomic E-state index is 13.0. The summed E-state index contributed by atoms with van der Waals surface area (Å²) >= 11 is 0. The average Bonchev–Trinajstić information content (AvgIpc) is 2.98. The first kappa shape index (κ1) is 23.3. The summed E-state index contributed by atoms with van der Waals surface area (Å²) in [4.78, 5) is 6.69. The number of aliphatic imine (C=N–C) groups is 1. The van der Waals surface area contributed by atoms with Gasteiger partial charge in [-0.25, -0.2) is 4.99 Å². The molecule has 1 aromatic heterocycles. The average molecular weight is 390 g/mol. The Balaban J connectivity index is 2.67. The molecule has 1 heterocycles. The quantitative estimate of drug-likeness (QED) is 0.476. The van der Waals surface area contributed by atoms with Gasteiger partial charge in [0.15, 0.2) is 11.7 Å². The summed E-state index contributed by atoms with van der Waals surface area (Å²) in [7, 11) is 1.48. The molecule has 0 bridgehead atoms. The topological polar surface area (TPSA) is 57.5 Å². The molecule has 0 aliphatic rings. The maximum atomic E-state index is 13.0. The van der Waals surface area contributed by atoms with Crippen molar-refractivity contribution in [1.29, 1.82) is 0 Å². The Morgan fingerprint density at radius 2 is 1.96 bits per heavy atom. The summed E-state index contributed by atoms with van der Waals surface area (Å²) < 4.78 is 40.3. The van der Waals surface area contributed by atoms with Crippen molar-refractivity contribution in [3.8, 4) is 0 Å². The van der Waals surface area contributed by atoms with Crippen molar-refractivity contribution >= 4 is 5.96 Å². The van der Waals surface area contributed by atoms with Crippen molar-refractivity contribution < 1.29 is 13.2 Å². The zero-order valence-electron chi connectivity index (χ0n) is 17.0. The lowest BCUT2D eigenvalue weighted by molar-refractivity contribution is -0.142. The number of alkyl halides is 3. The van der Waals surface area contributed by atoms with Gasteiger partial charge in [0.05, 0.1) is 6.54 Å². The van der Waals surface area contributed by atoms with Gasteiger partial charge in [0.2, 0.25) is 0 Å². The number of hydrogen-bond acceptors (Lipinski definition) is 3. The monoisotopic (exact) mass is 390 g/mol. The second-order valence-corrected chi connectivity index (χ2v) is 6.58. The van der Waals surface area contributed by atoms with E-state index in [1.54, 1.807) is 0 Å². The van der Waals surface area contributed by atoms with Crippen LogP contribution in [0.25, 0.3) is 0 Å². The molecule has 156 valence electrons. The highest BCUT2D eigenvalue weighted by Crippen LogP contribution is 2.30. The molecule has 0 amide bonds. The SMILES string of the molecule is CCNC(=NCc1cn(C)nc1C(F)(F)F)NC(C)CCCN(CC)CC. The minimum absolute atomic E-state index is 0.0661. The fraction of sp³-hybridized carbons (Fsp3) is 0.778. The summed E-state index contributed by atoms with van der Waals surface area (Å²) in [5, 5.41) is 9.88. The van der Waals surface area contributed by atoms with E-state index in [-0.39, 0.29) is 18.2 Å². The van der Waals surface area contributed by atoms with Gasteiger partial charge >= 0.3 is 6.18 Å². The van der Waals surface area contributed by atoms with Gasteiger partial charge in [-0.15, -0.1) is 0 Å². The lowest BCUT2D eigenvalue weighted by Crippen LogP contribution is -2.42. The van der Waals surface area contributed by atoms with Crippen LogP contribution in [0.5, 0.6) is 0 Å². The number of rotatable bonds is 10. The van der Waals surface area contributed by atoms with E-state index in [0.717, 1.165) is 32.5 Å². The Morgan fingerprint density at radius 1 is 1.30 bits per heavy atom. The molecule has 0 aliphatic heterocycles. The summed E-state index contributed by atoms with van der Waals surface area (Å²) in [6.07, 6.45) is -1.10. The molecule has 6 nitrogen and oxygen atoms in total. The largest absolute Gasteiger partial charge is 0.435 e. The van der Waals surface area contributed by atoms with Gasteiger partial charge in [0.25, 0.3) is 0 Å². The smallest absolute Gasteiger partial charge is 0.357 e. The van der Waals surface area contributed by atoms with Crippen molar-refractivity contribution in [2.24, 2.45) is 12.0 Å². The fourth-order valence-corrected chi connectivity index (χ4v) is 2.84. The lowest BCUT2D eigenvalue weighted by Gasteiger charge is -2.21. The normalized spacial score (nSPS) is 13.9. The van der Waals surface area contributed by atoms with Crippen LogP contribution in [0.3, 0.4) is 0 Å². The highest BCUT2D eigenvalue weighted by molar-refractivity contribution is 5.80. The Kier molecular flexibility index (Phi) is 9.62. The molecule has 0 radical (unpaired) electrons. The second-order valence-electron chi connectivity index (χ2n) is 6.58. The highest BCUT2D eigenvalue weighted by Gasteiger charge is 2.36. The van der Waals surface area contributed by atoms with Gasteiger partial charge in [-0.3, -0.25) is 4.68 Å². The van der Waals surface area contributed by atoms with Gasteiger partial charge in [0, 0.05) is 31.4 Å². The molecule has 0 aliphatic carbocycles. The molecule has 9 heteroatoms. The van der Waals surface area contributed by atoms with E-state index in [0.29, 0.717) is 12.5 Å². The Morgan fingerprint density at radius 3 is 2.52 bits per heavy atom. The number of halogens is 3. The minimum atomic E-state index is -4.48. The van der Waals surface area contributed by atoms with Crippen LogP contribution in [-0.4, -0.2) is 52.9 Å². The predicted octanol–water partition coefficient (Wildman–Crippen LogP) is 3.00. The van der Waals surface area contributed by atoms with Crippen molar-refractivity contribution in [3.63, 3.8) is 0 Å². The standard InChI is InChI=1S/C18H33F3N6/c1-6-22-17(24-14(4)10-9-11-27(7-2)8-3)23-12-15-13-26(5)25-16(15)18(19,20)21/h13-14H,6-12H2,1-5H3,(H2,22,23,24). The van der Waals surface area contributed by atoms with Gasteiger partial charge in [-0.05, 0) is 46.3 Å². The number of guanidine groups is 1. The first-order valence-electron chi connectivity index (χ1n) is 9.58. The summed E-state index contributed by atoms with van der Waals surface area (Å²) in [5.41, 5.74) is -0.812. The fourth-order valence-electron chi connectivity index (χ4n) is 2.84. The van der Waals surface area contributed by atoms with Crippen molar-refractivity contribution in [2.45, 2.75) is 59.3 Å². The van der Waals surface area contributed by atoms with Crippen molar-refractivity contribution in [3.05, 3.63) is 17.5 Å². The second kappa shape index (κ2) is 11.2. The van der Waals surface area contributed by atoms with E-state index < -0.39 is 11.9 Å². The number of hydrogen-bond donors (Lipinski definition) is 2. The molecule has 0 saturated carbocycles. The highest BCUT2D eigenvalue weighted by atomic mass is 19.4. The van der Waals surface area contributed by atoms with Crippen LogP contribution in [0.2, 0.25) is 0 Å². The molecule has 27 heavy (non-hydrogen) atoms. The molecule has 1 rings (SSSR count). The van der Waals surface area contributed by atoms with Crippen LogP contribution in [0.15, 0.2) is 11.2 Å². The zero-order chi connectivity index (χ0) is 20.4. The Hall–Kier alpha value is -1.77. The molecule has 2 N–H and O–H groups in total. The molecule has 1 aromatic rings. The third-order valence-electron chi connectivity index (χ3n) is 4.31. The summed E-state index contributed by atoms with van der Waals surface area (Å²) in [5.74, 6) is 0.518. The van der Waals surface area contributed by atoms with Gasteiger partial charge in [-0.1, -0.05) is 13.8 Å². The van der Waals surface area contributed by atoms with E-state index in [1.165, 1.54) is 17.9 Å². The first-order valence-corrected chi connectivity index (χ1v) is 9.58. The molecule has 0 fully saturated rings. The van der Waals surface area contributed by atoms with Crippen LogP contribution in [-0.2, 0) is 19.8 Å². The van der Waals surface area contributed by atoms with Crippen LogP contribution in [0.1, 0.15) is 51.8 Å².